The maximum Gasteiger partial charge on any atom is 0.251 e. The number of benzene rings is 1. The molecule has 0 unspecified atom stereocenters. The SMILES string of the molecule is CCCNC(=O)c1ccc(CNc2ncnc3sc4c(c23)CCCC4)cc1. The highest BCUT2D eigenvalue weighted by Crippen LogP contribution is 2.38. The van der Waals surface area contributed by atoms with Gasteiger partial charge in [-0.25, -0.2) is 9.97 Å². The van der Waals surface area contributed by atoms with Crippen molar-refractivity contribution < 1.29 is 4.79 Å². The molecule has 0 atom stereocenters. The number of aryl methyl sites for hydroxylation is 2. The van der Waals surface area contributed by atoms with Gasteiger partial charge in [-0.3, -0.25) is 4.79 Å². The van der Waals surface area contributed by atoms with E-state index in [0.717, 1.165) is 35.5 Å². The number of nitrogens with zero attached hydrogens (tertiary/aromatic N) is 2. The Morgan fingerprint density at radius 3 is 2.78 bits per heavy atom. The summed E-state index contributed by atoms with van der Waals surface area (Å²) in [5.74, 6) is 0.905. The Labute approximate surface area is 163 Å². The summed E-state index contributed by atoms with van der Waals surface area (Å²) in [6.45, 7) is 3.42. The van der Waals surface area contributed by atoms with E-state index in [-0.39, 0.29) is 5.91 Å². The summed E-state index contributed by atoms with van der Waals surface area (Å²) in [5.41, 5.74) is 3.26. The highest BCUT2D eigenvalue weighted by molar-refractivity contribution is 7.19. The van der Waals surface area contributed by atoms with E-state index in [4.69, 9.17) is 0 Å². The van der Waals surface area contributed by atoms with Gasteiger partial charge in [-0.05, 0) is 55.4 Å². The van der Waals surface area contributed by atoms with Crippen molar-refractivity contribution in [2.45, 2.75) is 45.6 Å². The first-order valence-corrected chi connectivity index (χ1v) is 10.4. The minimum atomic E-state index is -0.0150. The number of carbonyl (C=O) groups excluding carboxylic acids is 1. The van der Waals surface area contributed by atoms with Crippen LogP contribution in [0.15, 0.2) is 30.6 Å². The molecule has 0 aliphatic heterocycles. The van der Waals surface area contributed by atoms with Gasteiger partial charge in [-0.2, -0.15) is 0 Å². The summed E-state index contributed by atoms with van der Waals surface area (Å²) < 4.78 is 0. The van der Waals surface area contributed by atoms with Crippen LogP contribution in [0.4, 0.5) is 5.82 Å². The molecule has 6 heteroatoms. The third-order valence-corrected chi connectivity index (χ3v) is 6.16. The standard InChI is InChI=1S/C21H24N4OS/c1-2-11-22-20(26)15-9-7-14(8-10-15)12-23-19-18-16-5-3-4-6-17(16)27-21(18)25-13-24-19/h7-10,13H,2-6,11-12H2,1H3,(H,22,26)(H,23,24,25). The number of thiophene rings is 1. The van der Waals surface area contributed by atoms with E-state index in [0.29, 0.717) is 18.7 Å². The van der Waals surface area contributed by atoms with Crippen LogP contribution in [0, 0.1) is 0 Å². The van der Waals surface area contributed by atoms with Crippen LogP contribution in [0.2, 0.25) is 0 Å². The van der Waals surface area contributed by atoms with Gasteiger partial charge in [0.2, 0.25) is 0 Å². The Kier molecular flexibility index (Phi) is 5.34. The second-order valence-corrected chi connectivity index (χ2v) is 8.00. The molecule has 140 valence electrons. The van der Waals surface area contributed by atoms with Crippen LogP contribution >= 0.6 is 11.3 Å². The molecular weight excluding hydrogens is 356 g/mol. The van der Waals surface area contributed by atoms with E-state index in [1.165, 1.54) is 28.7 Å². The van der Waals surface area contributed by atoms with Gasteiger partial charge in [0.15, 0.2) is 0 Å². The molecule has 2 aromatic heterocycles. The summed E-state index contributed by atoms with van der Waals surface area (Å²) in [4.78, 5) is 23.5. The Bertz CT molecular complexity index is 949. The van der Waals surface area contributed by atoms with Crippen molar-refractivity contribution in [2.75, 3.05) is 11.9 Å². The molecule has 0 saturated carbocycles. The number of anilines is 1. The molecule has 0 fully saturated rings. The van der Waals surface area contributed by atoms with Crippen LogP contribution in [-0.2, 0) is 19.4 Å². The van der Waals surface area contributed by atoms with Crippen LogP contribution in [0.5, 0.6) is 0 Å². The summed E-state index contributed by atoms with van der Waals surface area (Å²) in [7, 11) is 0. The van der Waals surface area contributed by atoms with Gasteiger partial charge in [-0.15, -0.1) is 11.3 Å². The topological polar surface area (TPSA) is 66.9 Å². The van der Waals surface area contributed by atoms with Crippen molar-refractivity contribution in [2.24, 2.45) is 0 Å². The highest BCUT2D eigenvalue weighted by atomic mass is 32.1. The maximum absolute atomic E-state index is 12.0. The van der Waals surface area contributed by atoms with Gasteiger partial charge < -0.3 is 10.6 Å². The van der Waals surface area contributed by atoms with Crippen molar-refractivity contribution in [1.82, 2.24) is 15.3 Å². The van der Waals surface area contributed by atoms with Crippen LogP contribution in [0.3, 0.4) is 0 Å². The first-order valence-electron chi connectivity index (χ1n) is 9.62. The fourth-order valence-corrected chi connectivity index (χ4v) is 4.75. The van der Waals surface area contributed by atoms with Crippen LogP contribution in [-0.4, -0.2) is 22.4 Å². The fourth-order valence-electron chi connectivity index (χ4n) is 3.52. The third-order valence-electron chi connectivity index (χ3n) is 4.96. The summed E-state index contributed by atoms with van der Waals surface area (Å²) in [6.07, 6.45) is 7.39. The monoisotopic (exact) mass is 380 g/mol. The second-order valence-electron chi connectivity index (χ2n) is 6.92. The molecule has 2 N–H and O–H groups in total. The number of fused-ring (bicyclic) bond motifs is 3. The molecule has 27 heavy (non-hydrogen) atoms. The maximum atomic E-state index is 12.0. The smallest absolute Gasteiger partial charge is 0.251 e. The minimum Gasteiger partial charge on any atom is -0.365 e. The average molecular weight is 381 g/mol. The number of hydrogen-bond acceptors (Lipinski definition) is 5. The fraction of sp³-hybridized carbons (Fsp3) is 0.381. The van der Waals surface area contributed by atoms with Crippen LogP contribution < -0.4 is 10.6 Å². The van der Waals surface area contributed by atoms with Gasteiger partial charge >= 0.3 is 0 Å². The van der Waals surface area contributed by atoms with E-state index >= 15 is 0 Å². The lowest BCUT2D eigenvalue weighted by Crippen LogP contribution is -2.23. The van der Waals surface area contributed by atoms with Crippen LogP contribution in [0.25, 0.3) is 10.2 Å². The quantitative estimate of drug-likeness (QED) is 0.668. The van der Waals surface area contributed by atoms with Gasteiger partial charge in [0, 0.05) is 23.5 Å². The summed E-state index contributed by atoms with van der Waals surface area (Å²) in [6, 6.07) is 7.75. The van der Waals surface area contributed by atoms with E-state index in [9.17, 15) is 4.79 Å². The zero-order valence-electron chi connectivity index (χ0n) is 15.5. The lowest BCUT2D eigenvalue weighted by molar-refractivity contribution is 0.0953. The first kappa shape index (κ1) is 17.9. The average Bonchev–Trinajstić information content (AvgIpc) is 3.10. The van der Waals surface area contributed by atoms with Crippen LogP contribution in [0.1, 0.15) is 52.5 Å². The Morgan fingerprint density at radius 2 is 1.96 bits per heavy atom. The first-order chi connectivity index (χ1) is 13.3. The molecule has 2 heterocycles. The number of amides is 1. The number of aromatic nitrogens is 2. The lowest BCUT2D eigenvalue weighted by Gasteiger charge is -2.12. The number of rotatable bonds is 6. The molecule has 0 saturated heterocycles. The molecule has 1 amide bonds. The second kappa shape index (κ2) is 8.05. The molecule has 1 aliphatic carbocycles. The molecule has 1 aromatic carbocycles. The zero-order chi connectivity index (χ0) is 18.6. The molecule has 3 aromatic rings. The summed E-state index contributed by atoms with van der Waals surface area (Å²) in [5, 5.41) is 7.58. The van der Waals surface area contributed by atoms with Gasteiger partial charge in [0.1, 0.15) is 17.0 Å². The molecule has 5 nitrogen and oxygen atoms in total. The van der Waals surface area contributed by atoms with E-state index in [1.807, 2.05) is 42.5 Å². The normalized spacial score (nSPS) is 13.4. The van der Waals surface area contributed by atoms with Crippen molar-refractivity contribution in [3.8, 4) is 0 Å². The van der Waals surface area contributed by atoms with Crippen molar-refractivity contribution in [3.63, 3.8) is 0 Å². The number of nitrogens with one attached hydrogen (secondary N) is 2. The third kappa shape index (κ3) is 3.81. The Hall–Kier alpha value is -2.47. The molecule has 4 rings (SSSR count). The molecule has 0 radical (unpaired) electrons. The van der Waals surface area contributed by atoms with E-state index in [2.05, 4.69) is 20.6 Å². The summed E-state index contributed by atoms with van der Waals surface area (Å²) >= 11 is 1.81. The molecule has 1 aliphatic rings. The number of carbonyl (C=O) groups is 1. The molecule has 0 bridgehead atoms. The predicted octanol–water partition coefficient (Wildman–Crippen LogP) is 4.32. The van der Waals surface area contributed by atoms with E-state index in [1.54, 1.807) is 6.33 Å². The van der Waals surface area contributed by atoms with E-state index < -0.39 is 0 Å². The molecule has 0 spiro atoms. The van der Waals surface area contributed by atoms with Crippen molar-refractivity contribution >= 4 is 33.3 Å². The highest BCUT2D eigenvalue weighted by Gasteiger charge is 2.19. The van der Waals surface area contributed by atoms with Gasteiger partial charge in [0.05, 0.1) is 5.39 Å². The van der Waals surface area contributed by atoms with Crippen molar-refractivity contribution in [1.29, 1.82) is 0 Å². The Balaban J connectivity index is 1.49. The largest absolute Gasteiger partial charge is 0.365 e. The van der Waals surface area contributed by atoms with Gasteiger partial charge in [-0.1, -0.05) is 19.1 Å². The predicted molar refractivity (Wildman–Crippen MR) is 110 cm³/mol. The lowest BCUT2D eigenvalue weighted by atomic mass is 9.97. The zero-order valence-corrected chi connectivity index (χ0v) is 16.4. The minimum absolute atomic E-state index is 0.0150. The molecular formula is C21H24N4OS. The Morgan fingerprint density at radius 1 is 1.15 bits per heavy atom. The van der Waals surface area contributed by atoms with Crippen molar-refractivity contribution in [3.05, 3.63) is 52.2 Å². The van der Waals surface area contributed by atoms with Gasteiger partial charge in [0.25, 0.3) is 5.91 Å². The number of hydrogen-bond donors (Lipinski definition) is 2.